The van der Waals surface area contributed by atoms with E-state index in [1.807, 2.05) is 0 Å². The molecular formula is C36H24N2S2. The van der Waals surface area contributed by atoms with Gasteiger partial charge in [0.05, 0.1) is 9.75 Å². The molecule has 0 radical (unpaired) electrons. The third kappa shape index (κ3) is 4.58. The minimum absolute atomic E-state index is 0.885. The third-order valence-corrected chi connectivity index (χ3v) is 9.01. The van der Waals surface area contributed by atoms with Crippen LogP contribution in [0.5, 0.6) is 0 Å². The zero-order chi connectivity index (χ0) is 26.7. The highest BCUT2D eigenvalue weighted by Crippen LogP contribution is 2.46. The maximum atomic E-state index is 4.80. The number of hydrogen-bond acceptors (Lipinski definition) is 4. The summed E-state index contributed by atoms with van der Waals surface area (Å²) in [5.41, 5.74) is 11.4. The summed E-state index contributed by atoms with van der Waals surface area (Å²) in [4.78, 5) is 2.26. The van der Waals surface area contributed by atoms with E-state index in [4.69, 9.17) is 10.2 Å². The van der Waals surface area contributed by atoms with E-state index in [0.29, 0.717) is 0 Å². The van der Waals surface area contributed by atoms with Gasteiger partial charge in [0.25, 0.3) is 0 Å². The van der Waals surface area contributed by atoms with Gasteiger partial charge in [-0.05, 0) is 45.1 Å². The van der Waals surface area contributed by atoms with Crippen molar-refractivity contribution in [3.63, 3.8) is 0 Å². The summed E-state index contributed by atoms with van der Waals surface area (Å²) in [5.74, 6) is 0. The minimum atomic E-state index is 0.885. The van der Waals surface area contributed by atoms with Crippen molar-refractivity contribution in [1.82, 2.24) is 10.2 Å². The molecule has 3 aromatic heterocycles. The second kappa shape index (κ2) is 10.9. The number of benzene rings is 4. The standard InChI is InChI=1S/C36H24N2S2/c1-5-13-25(14-6-1)29-23-39-35(33(29)27-17-9-3-10-18-27)31-21-22-32(38-37-31)36-34(28-19-11-4-12-20-28)30(24-40-36)26-15-7-2-8-16-26/h1-24H. The number of hydrogen-bond donors (Lipinski definition) is 0. The van der Waals surface area contributed by atoms with Crippen molar-refractivity contribution in [3.05, 3.63) is 144 Å². The van der Waals surface area contributed by atoms with Gasteiger partial charge in [0.15, 0.2) is 0 Å². The molecule has 0 aliphatic heterocycles. The van der Waals surface area contributed by atoms with E-state index in [9.17, 15) is 0 Å². The fourth-order valence-electron chi connectivity index (χ4n) is 5.11. The minimum Gasteiger partial charge on any atom is -0.149 e. The molecule has 0 saturated carbocycles. The summed E-state index contributed by atoms with van der Waals surface area (Å²) >= 11 is 3.44. The Balaban J connectivity index is 1.33. The molecule has 0 spiro atoms. The molecule has 7 rings (SSSR count). The first-order valence-electron chi connectivity index (χ1n) is 13.2. The van der Waals surface area contributed by atoms with Crippen LogP contribution in [-0.2, 0) is 0 Å². The molecule has 0 fully saturated rings. The van der Waals surface area contributed by atoms with Gasteiger partial charge in [-0.2, -0.15) is 0 Å². The average Bonchev–Trinajstić information content (AvgIpc) is 3.69. The predicted octanol–water partition coefficient (Wildman–Crippen LogP) is 10.6. The lowest BCUT2D eigenvalue weighted by molar-refractivity contribution is 1.05. The Hall–Kier alpha value is -4.64. The Bertz CT molecular complexity index is 1720. The molecule has 190 valence electrons. The lowest BCUT2D eigenvalue weighted by atomic mass is 9.95. The number of nitrogens with zero attached hydrogens (tertiary/aromatic N) is 2. The predicted molar refractivity (Wildman–Crippen MR) is 170 cm³/mol. The van der Waals surface area contributed by atoms with Crippen LogP contribution < -0.4 is 0 Å². The van der Waals surface area contributed by atoms with E-state index in [1.165, 1.54) is 44.5 Å². The molecule has 4 heteroatoms. The second-order valence-electron chi connectivity index (χ2n) is 9.47. The molecule has 2 nitrogen and oxygen atoms in total. The highest BCUT2D eigenvalue weighted by Gasteiger charge is 2.20. The molecule has 3 heterocycles. The van der Waals surface area contributed by atoms with Crippen LogP contribution in [0.1, 0.15) is 0 Å². The molecule has 40 heavy (non-hydrogen) atoms. The quantitative estimate of drug-likeness (QED) is 0.207. The van der Waals surface area contributed by atoms with Gasteiger partial charge < -0.3 is 0 Å². The maximum absolute atomic E-state index is 4.80. The van der Waals surface area contributed by atoms with Gasteiger partial charge in [0.2, 0.25) is 0 Å². The van der Waals surface area contributed by atoms with Crippen molar-refractivity contribution in [3.8, 4) is 65.6 Å². The van der Waals surface area contributed by atoms with Crippen molar-refractivity contribution in [2.24, 2.45) is 0 Å². The van der Waals surface area contributed by atoms with E-state index in [-0.39, 0.29) is 0 Å². The van der Waals surface area contributed by atoms with Crippen LogP contribution in [0.2, 0.25) is 0 Å². The number of aromatic nitrogens is 2. The Morgan fingerprint density at radius 3 is 1.00 bits per heavy atom. The van der Waals surface area contributed by atoms with Gasteiger partial charge in [-0.3, -0.25) is 0 Å². The Morgan fingerprint density at radius 1 is 0.350 bits per heavy atom. The molecule has 0 amide bonds. The van der Waals surface area contributed by atoms with Gasteiger partial charge in [-0.25, -0.2) is 0 Å². The molecule has 7 aromatic rings. The summed E-state index contributed by atoms with van der Waals surface area (Å²) in [6, 6.07) is 46.5. The van der Waals surface area contributed by atoms with Crippen molar-refractivity contribution >= 4 is 22.7 Å². The van der Waals surface area contributed by atoms with Gasteiger partial charge in [0, 0.05) is 22.3 Å². The van der Waals surface area contributed by atoms with Crippen LogP contribution in [0.3, 0.4) is 0 Å². The molecule has 0 bridgehead atoms. The van der Waals surface area contributed by atoms with Gasteiger partial charge in [-0.15, -0.1) is 32.9 Å². The first-order valence-corrected chi connectivity index (χ1v) is 14.9. The van der Waals surface area contributed by atoms with Crippen LogP contribution in [0.4, 0.5) is 0 Å². The maximum Gasteiger partial charge on any atom is 0.104 e. The Labute approximate surface area is 241 Å². The third-order valence-electron chi connectivity index (χ3n) is 7.01. The number of rotatable bonds is 6. The van der Waals surface area contributed by atoms with E-state index < -0.39 is 0 Å². The molecule has 4 aromatic carbocycles. The smallest absolute Gasteiger partial charge is 0.104 e. The van der Waals surface area contributed by atoms with Crippen LogP contribution in [0.25, 0.3) is 65.6 Å². The monoisotopic (exact) mass is 548 g/mol. The molecule has 0 aliphatic rings. The van der Waals surface area contributed by atoms with Crippen LogP contribution in [0, 0.1) is 0 Å². The number of thiophene rings is 2. The Kier molecular flexibility index (Phi) is 6.62. The lowest BCUT2D eigenvalue weighted by Gasteiger charge is -2.10. The highest BCUT2D eigenvalue weighted by molar-refractivity contribution is 7.15. The molecule has 0 atom stereocenters. The zero-order valence-corrected chi connectivity index (χ0v) is 23.2. The normalized spacial score (nSPS) is 11.0. The van der Waals surface area contributed by atoms with E-state index in [0.717, 1.165) is 21.1 Å². The largest absolute Gasteiger partial charge is 0.149 e. The van der Waals surface area contributed by atoms with Gasteiger partial charge in [-0.1, -0.05) is 121 Å². The molecule has 0 aliphatic carbocycles. The lowest BCUT2D eigenvalue weighted by Crippen LogP contribution is -1.92. The fourth-order valence-corrected chi connectivity index (χ4v) is 7.24. The van der Waals surface area contributed by atoms with Crippen molar-refractivity contribution in [2.45, 2.75) is 0 Å². The first-order chi connectivity index (χ1) is 19.9. The SMILES string of the molecule is c1ccc(-c2csc(-c3ccc(-c4scc(-c5ccccc5)c4-c4ccccc4)nn3)c2-c2ccccc2)cc1. The molecule has 0 unspecified atom stereocenters. The van der Waals surface area contributed by atoms with Crippen molar-refractivity contribution in [1.29, 1.82) is 0 Å². The Morgan fingerprint density at radius 2 is 0.675 bits per heavy atom. The van der Waals surface area contributed by atoms with Crippen molar-refractivity contribution in [2.75, 3.05) is 0 Å². The summed E-state index contributed by atoms with van der Waals surface area (Å²) in [6.07, 6.45) is 0. The topological polar surface area (TPSA) is 25.8 Å². The highest BCUT2D eigenvalue weighted by atomic mass is 32.1. The van der Waals surface area contributed by atoms with Gasteiger partial charge >= 0.3 is 0 Å². The summed E-state index contributed by atoms with van der Waals surface area (Å²) in [5, 5.41) is 14.1. The average molecular weight is 549 g/mol. The first kappa shape index (κ1) is 24.4. The van der Waals surface area contributed by atoms with Gasteiger partial charge in [0.1, 0.15) is 11.4 Å². The summed E-state index contributed by atoms with van der Waals surface area (Å²) in [6.45, 7) is 0. The molecule has 0 N–H and O–H groups in total. The molecular weight excluding hydrogens is 525 g/mol. The summed E-state index contributed by atoms with van der Waals surface area (Å²) < 4.78 is 0. The van der Waals surface area contributed by atoms with Crippen molar-refractivity contribution < 1.29 is 0 Å². The van der Waals surface area contributed by atoms with Crippen LogP contribution in [-0.4, -0.2) is 10.2 Å². The van der Waals surface area contributed by atoms with Crippen LogP contribution in [0.15, 0.2) is 144 Å². The van der Waals surface area contributed by atoms with E-state index in [1.54, 1.807) is 22.7 Å². The zero-order valence-electron chi connectivity index (χ0n) is 21.6. The van der Waals surface area contributed by atoms with Crippen LogP contribution >= 0.6 is 22.7 Å². The second-order valence-corrected chi connectivity index (χ2v) is 11.2. The van der Waals surface area contributed by atoms with E-state index >= 15 is 0 Å². The van der Waals surface area contributed by atoms with E-state index in [2.05, 4.69) is 144 Å². The molecule has 0 saturated heterocycles. The fraction of sp³-hybridized carbons (Fsp3) is 0. The summed E-state index contributed by atoms with van der Waals surface area (Å²) in [7, 11) is 0.